The van der Waals surface area contributed by atoms with Crippen molar-refractivity contribution in [2.24, 2.45) is 5.92 Å². The van der Waals surface area contributed by atoms with E-state index in [9.17, 15) is 4.79 Å². The molecular formula is C16H22O2. The van der Waals surface area contributed by atoms with Gasteiger partial charge in [0.15, 0.2) is 0 Å². The van der Waals surface area contributed by atoms with Crippen LogP contribution < -0.4 is 0 Å². The molecule has 0 aliphatic heterocycles. The van der Waals surface area contributed by atoms with Crippen molar-refractivity contribution in [1.29, 1.82) is 0 Å². The molecule has 0 heterocycles. The lowest BCUT2D eigenvalue weighted by atomic mass is 9.86. The smallest absolute Gasteiger partial charge is 0.309 e. The molecule has 1 fully saturated rings. The third kappa shape index (κ3) is 2.74. The average Bonchev–Trinajstić information content (AvgIpc) is 3.08. The monoisotopic (exact) mass is 246 g/mol. The first-order valence-electron chi connectivity index (χ1n) is 6.70. The molecule has 1 aliphatic carbocycles. The summed E-state index contributed by atoms with van der Waals surface area (Å²) in [5.41, 5.74) is 2.78. The largest absolute Gasteiger partial charge is 0.466 e. The SMILES string of the molecule is CCOC(=O)[C@H]1C[C@H]1c1ccc(C(C)(C)C)cc1. The molecule has 0 N–H and O–H groups in total. The highest BCUT2D eigenvalue weighted by atomic mass is 16.5. The quantitative estimate of drug-likeness (QED) is 0.761. The second-order valence-corrected chi connectivity index (χ2v) is 6.07. The predicted molar refractivity (Wildman–Crippen MR) is 72.6 cm³/mol. The van der Waals surface area contributed by atoms with Gasteiger partial charge in [-0.2, -0.15) is 0 Å². The van der Waals surface area contributed by atoms with E-state index in [4.69, 9.17) is 4.74 Å². The normalized spacial score (nSPS) is 22.7. The third-order valence-corrected chi connectivity index (χ3v) is 3.58. The summed E-state index contributed by atoms with van der Waals surface area (Å²) >= 11 is 0. The minimum atomic E-state index is -0.0394. The Kier molecular flexibility index (Phi) is 3.47. The number of benzene rings is 1. The topological polar surface area (TPSA) is 26.3 Å². The van der Waals surface area contributed by atoms with Crippen molar-refractivity contribution >= 4 is 5.97 Å². The maximum Gasteiger partial charge on any atom is 0.309 e. The van der Waals surface area contributed by atoms with E-state index in [1.807, 2.05) is 6.92 Å². The second kappa shape index (κ2) is 4.75. The summed E-state index contributed by atoms with van der Waals surface area (Å²) in [6.07, 6.45) is 0.938. The number of hydrogen-bond donors (Lipinski definition) is 0. The lowest BCUT2D eigenvalue weighted by molar-refractivity contribution is -0.144. The Labute approximate surface area is 109 Å². The number of hydrogen-bond acceptors (Lipinski definition) is 2. The van der Waals surface area contributed by atoms with Gasteiger partial charge in [0.2, 0.25) is 0 Å². The van der Waals surface area contributed by atoms with Crippen molar-refractivity contribution in [3.05, 3.63) is 35.4 Å². The molecule has 2 rings (SSSR count). The van der Waals surface area contributed by atoms with Gasteiger partial charge in [0.1, 0.15) is 0 Å². The van der Waals surface area contributed by atoms with Crippen LogP contribution in [0.15, 0.2) is 24.3 Å². The van der Waals surface area contributed by atoms with Gasteiger partial charge in [-0.25, -0.2) is 0 Å². The van der Waals surface area contributed by atoms with Crippen molar-refractivity contribution in [2.45, 2.75) is 45.4 Å². The molecule has 0 radical (unpaired) electrons. The van der Waals surface area contributed by atoms with Gasteiger partial charge in [-0.15, -0.1) is 0 Å². The fraction of sp³-hybridized carbons (Fsp3) is 0.562. The zero-order chi connectivity index (χ0) is 13.3. The van der Waals surface area contributed by atoms with E-state index in [1.54, 1.807) is 0 Å². The molecule has 18 heavy (non-hydrogen) atoms. The lowest BCUT2D eigenvalue weighted by Crippen LogP contribution is -2.11. The van der Waals surface area contributed by atoms with Crippen LogP contribution in [-0.4, -0.2) is 12.6 Å². The Hall–Kier alpha value is -1.31. The highest BCUT2D eigenvalue weighted by Gasteiger charge is 2.45. The van der Waals surface area contributed by atoms with Crippen molar-refractivity contribution in [3.8, 4) is 0 Å². The Balaban J connectivity index is 2.03. The highest BCUT2D eigenvalue weighted by molar-refractivity contribution is 5.77. The van der Waals surface area contributed by atoms with Crippen molar-refractivity contribution in [3.63, 3.8) is 0 Å². The van der Waals surface area contributed by atoms with Crippen LogP contribution in [0.3, 0.4) is 0 Å². The molecule has 1 aromatic carbocycles. The minimum absolute atomic E-state index is 0.0394. The van der Waals surface area contributed by atoms with Crippen LogP contribution in [0.1, 0.15) is 51.2 Å². The molecule has 98 valence electrons. The molecule has 1 aromatic rings. The van der Waals surface area contributed by atoms with Gasteiger partial charge >= 0.3 is 5.97 Å². The Morgan fingerprint density at radius 2 is 1.89 bits per heavy atom. The molecule has 2 heteroatoms. The molecule has 1 aliphatic rings. The summed E-state index contributed by atoms with van der Waals surface area (Å²) in [7, 11) is 0. The van der Waals surface area contributed by atoms with Crippen LogP contribution in [0, 0.1) is 5.92 Å². The van der Waals surface area contributed by atoms with E-state index in [-0.39, 0.29) is 17.3 Å². The first-order valence-corrected chi connectivity index (χ1v) is 6.70. The third-order valence-electron chi connectivity index (χ3n) is 3.58. The molecule has 2 atom stereocenters. The molecular weight excluding hydrogens is 224 g/mol. The molecule has 0 bridgehead atoms. The van der Waals surface area contributed by atoms with Crippen LogP contribution in [-0.2, 0) is 14.9 Å². The number of esters is 1. The van der Waals surface area contributed by atoms with Gasteiger partial charge in [-0.05, 0) is 35.8 Å². The Bertz CT molecular complexity index is 425. The summed E-state index contributed by atoms with van der Waals surface area (Å²) in [4.78, 5) is 11.6. The fourth-order valence-corrected chi connectivity index (χ4v) is 2.30. The molecule has 0 unspecified atom stereocenters. The van der Waals surface area contributed by atoms with Crippen LogP contribution >= 0.6 is 0 Å². The van der Waals surface area contributed by atoms with Gasteiger partial charge in [0, 0.05) is 0 Å². The average molecular weight is 246 g/mol. The number of carbonyl (C=O) groups is 1. The first kappa shape index (κ1) is 13.1. The van der Waals surface area contributed by atoms with E-state index < -0.39 is 0 Å². The first-order chi connectivity index (χ1) is 8.43. The van der Waals surface area contributed by atoms with Crippen LogP contribution in [0.5, 0.6) is 0 Å². The van der Waals surface area contributed by atoms with E-state index in [2.05, 4.69) is 45.0 Å². The standard InChI is InChI=1S/C16H22O2/c1-5-18-15(17)14-10-13(14)11-6-8-12(9-7-11)16(2,3)4/h6-9,13-14H,5,10H2,1-4H3/t13-,14-/m0/s1. The van der Waals surface area contributed by atoms with Crippen molar-refractivity contribution < 1.29 is 9.53 Å². The van der Waals surface area contributed by atoms with Gasteiger partial charge in [-0.1, -0.05) is 45.0 Å². The molecule has 1 saturated carbocycles. The van der Waals surface area contributed by atoms with Gasteiger partial charge in [0.25, 0.3) is 0 Å². The summed E-state index contributed by atoms with van der Waals surface area (Å²) in [5.74, 6) is 0.422. The van der Waals surface area contributed by atoms with Crippen molar-refractivity contribution in [1.82, 2.24) is 0 Å². The number of carbonyl (C=O) groups excluding carboxylic acids is 1. The summed E-state index contributed by atoms with van der Waals surface area (Å²) in [6, 6.07) is 8.67. The van der Waals surface area contributed by atoms with E-state index in [1.165, 1.54) is 11.1 Å². The van der Waals surface area contributed by atoms with E-state index >= 15 is 0 Å². The number of ether oxygens (including phenoxy) is 1. The maximum atomic E-state index is 11.6. The molecule has 0 saturated heterocycles. The van der Waals surface area contributed by atoms with Crippen LogP contribution in [0.4, 0.5) is 0 Å². The highest BCUT2D eigenvalue weighted by Crippen LogP contribution is 2.48. The molecule has 2 nitrogen and oxygen atoms in total. The fourth-order valence-electron chi connectivity index (χ4n) is 2.30. The Morgan fingerprint density at radius 3 is 2.39 bits per heavy atom. The van der Waals surface area contributed by atoms with E-state index in [0.717, 1.165) is 6.42 Å². The zero-order valence-corrected chi connectivity index (χ0v) is 11.7. The van der Waals surface area contributed by atoms with Gasteiger partial charge in [0.05, 0.1) is 12.5 Å². The Morgan fingerprint density at radius 1 is 1.28 bits per heavy atom. The minimum Gasteiger partial charge on any atom is -0.466 e. The maximum absolute atomic E-state index is 11.6. The van der Waals surface area contributed by atoms with Crippen molar-refractivity contribution in [2.75, 3.05) is 6.61 Å². The van der Waals surface area contributed by atoms with Gasteiger partial charge in [-0.3, -0.25) is 4.79 Å². The predicted octanol–water partition coefficient (Wildman–Crippen LogP) is 3.65. The summed E-state index contributed by atoms with van der Waals surface area (Å²) < 4.78 is 5.06. The molecule has 0 aromatic heterocycles. The summed E-state index contributed by atoms with van der Waals surface area (Å²) in [5, 5.41) is 0. The second-order valence-electron chi connectivity index (χ2n) is 6.07. The number of rotatable bonds is 3. The lowest BCUT2D eigenvalue weighted by Gasteiger charge is -2.19. The van der Waals surface area contributed by atoms with Gasteiger partial charge < -0.3 is 4.74 Å². The molecule has 0 spiro atoms. The van der Waals surface area contributed by atoms with E-state index in [0.29, 0.717) is 12.5 Å². The molecule has 0 amide bonds. The van der Waals surface area contributed by atoms with Crippen LogP contribution in [0.2, 0.25) is 0 Å². The summed E-state index contributed by atoms with van der Waals surface area (Å²) in [6.45, 7) is 8.96. The zero-order valence-electron chi connectivity index (χ0n) is 11.7. The van der Waals surface area contributed by atoms with Crippen LogP contribution in [0.25, 0.3) is 0 Å².